The van der Waals surface area contributed by atoms with Crippen LogP contribution in [0, 0.1) is 5.82 Å². The SMILES string of the molecule is Fc1cc(Oc2nc(Cl)cs2)ccc1Cl. The van der Waals surface area contributed by atoms with Crippen molar-refractivity contribution in [1.29, 1.82) is 0 Å². The van der Waals surface area contributed by atoms with Crippen molar-refractivity contribution in [2.75, 3.05) is 0 Å². The molecule has 2 aromatic rings. The smallest absolute Gasteiger partial charge is 0.280 e. The van der Waals surface area contributed by atoms with Crippen molar-refractivity contribution < 1.29 is 9.13 Å². The number of nitrogens with zero attached hydrogens (tertiary/aromatic N) is 1. The van der Waals surface area contributed by atoms with Gasteiger partial charge in [-0.2, -0.15) is 4.98 Å². The summed E-state index contributed by atoms with van der Waals surface area (Å²) in [6.45, 7) is 0. The number of benzene rings is 1. The molecule has 0 saturated carbocycles. The summed E-state index contributed by atoms with van der Waals surface area (Å²) >= 11 is 12.4. The number of hydrogen-bond acceptors (Lipinski definition) is 3. The number of halogens is 3. The van der Waals surface area contributed by atoms with Crippen LogP contribution in [0.2, 0.25) is 10.2 Å². The molecule has 6 heteroatoms. The van der Waals surface area contributed by atoms with Gasteiger partial charge in [-0.3, -0.25) is 0 Å². The molecule has 0 aliphatic carbocycles. The molecule has 0 bridgehead atoms. The molecular formula is C9H4Cl2FNOS. The van der Waals surface area contributed by atoms with Gasteiger partial charge in [0.05, 0.1) is 5.02 Å². The Morgan fingerprint density at radius 2 is 2.13 bits per heavy atom. The highest BCUT2D eigenvalue weighted by Gasteiger charge is 2.05. The summed E-state index contributed by atoms with van der Waals surface area (Å²) in [5.41, 5.74) is 0. The van der Waals surface area contributed by atoms with Gasteiger partial charge in [-0.25, -0.2) is 4.39 Å². The standard InChI is InChI=1S/C9H4Cl2FNOS/c10-6-2-1-5(3-7(6)12)14-9-13-8(11)4-15-9/h1-4H. The highest BCUT2D eigenvalue weighted by molar-refractivity contribution is 7.11. The van der Waals surface area contributed by atoms with E-state index in [1.54, 1.807) is 11.4 Å². The Hall–Kier alpha value is -0.840. The van der Waals surface area contributed by atoms with Gasteiger partial charge in [0.15, 0.2) is 0 Å². The maximum absolute atomic E-state index is 13.0. The lowest BCUT2D eigenvalue weighted by molar-refractivity contribution is 0.473. The van der Waals surface area contributed by atoms with Crippen LogP contribution in [0.1, 0.15) is 0 Å². The van der Waals surface area contributed by atoms with Gasteiger partial charge in [0.25, 0.3) is 5.19 Å². The van der Waals surface area contributed by atoms with E-state index in [1.807, 2.05) is 0 Å². The molecule has 0 radical (unpaired) electrons. The summed E-state index contributed by atoms with van der Waals surface area (Å²) in [6, 6.07) is 4.17. The minimum atomic E-state index is -0.531. The third kappa shape index (κ3) is 2.59. The summed E-state index contributed by atoms with van der Waals surface area (Å²) in [5, 5.41) is 2.40. The van der Waals surface area contributed by atoms with Gasteiger partial charge < -0.3 is 4.74 Å². The summed E-state index contributed by atoms with van der Waals surface area (Å²) in [7, 11) is 0. The minimum absolute atomic E-state index is 0.0551. The summed E-state index contributed by atoms with van der Waals surface area (Å²) < 4.78 is 18.3. The van der Waals surface area contributed by atoms with Crippen molar-refractivity contribution in [3.8, 4) is 10.9 Å². The zero-order chi connectivity index (χ0) is 10.8. The first kappa shape index (κ1) is 10.7. The first-order valence-electron chi connectivity index (χ1n) is 3.89. The van der Waals surface area contributed by atoms with E-state index in [4.69, 9.17) is 27.9 Å². The summed E-state index contributed by atoms with van der Waals surface area (Å²) in [5.74, 6) is -0.195. The number of ether oxygens (including phenoxy) is 1. The predicted octanol–water partition coefficient (Wildman–Crippen LogP) is 4.38. The second kappa shape index (κ2) is 4.35. The van der Waals surface area contributed by atoms with Crippen molar-refractivity contribution in [3.63, 3.8) is 0 Å². The lowest BCUT2D eigenvalue weighted by Gasteiger charge is -2.01. The Balaban J connectivity index is 2.21. The zero-order valence-corrected chi connectivity index (χ0v) is 9.54. The Labute approximate surface area is 99.2 Å². The van der Waals surface area contributed by atoms with E-state index >= 15 is 0 Å². The van der Waals surface area contributed by atoms with Crippen LogP contribution in [0.25, 0.3) is 0 Å². The fourth-order valence-corrected chi connectivity index (χ4v) is 1.85. The topological polar surface area (TPSA) is 22.1 Å². The van der Waals surface area contributed by atoms with E-state index in [0.29, 0.717) is 16.1 Å². The highest BCUT2D eigenvalue weighted by Crippen LogP contribution is 2.28. The largest absolute Gasteiger partial charge is 0.431 e. The molecule has 0 atom stereocenters. The molecule has 0 fully saturated rings. The molecule has 1 aromatic heterocycles. The fraction of sp³-hybridized carbons (Fsp3) is 0. The molecule has 0 aliphatic heterocycles. The molecular weight excluding hydrogens is 260 g/mol. The molecule has 2 rings (SSSR count). The maximum Gasteiger partial charge on any atom is 0.280 e. The van der Waals surface area contributed by atoms with Crippen LogP contribution in [0.5, 0.6) is 10.9 Å². The van der Waals surface area contributed by atoms with E-state index in [2.05, 4.69) is 4.98 Å². The van der Waals surface area contributed by atoms with E-state index in [0.717, 1.165) is 0 Å². The first-order chi connectivity index (χ1) is 7.15. The second-order valence-electron chi connectivity index (χ2n) is 2.61. The van der Waals surface area contributed by atoms with E-state index in [-0.39, 0.29) is 5.02 Å². The Bertz CT molecular complexity index is 489. The normalized spacial score (nSPS) is 10.3. The maximum atomic E-state index is 13.0. The lowest BCUT2D eigenvalue weighted by atomic mass is 10.3. The van der Waals surface area contributed by atoms with Crippen molar-refractivity contribution in [1.82, 2.24) is 4.98 Å². The number of aromatic nitrogens is 1. The summed E-state index contributed by atoms with van der Waals surface area (Å²) in [6.07, 6.45) is 0. The fourth-order valence-electron chi connectivity index (χ4n) is 0.927. The molecule has 0 amide bonds. The van der Waals surface area contributed by atoms with Crippen molar-refractivity contribution >= 4 is 34.5 Å². The molecule has 1 aromatic carbocycles. The van der Waals surface area contributed by atoms with Crippen molar-refractivity contribution in [2.24, 2.45) is 0 Å². The summed E-state index contributed by atoms with van der Waals surface area (Å²) in [4.78, 5) is 3.86. The zero-order valence-electron chi connectivity index (χ0n) is 7.21. The van der Waals surface area contributed by atoms with Crippen molar-refractivity contribution in [3.05, 3.63) is 39.6 Å². The molecule has 1 heterocycles. The third-order valence-electron chi connectivity index (χ3n) is 1.55. The van der Waals surface area contributed by atoms with Gasteiger partial charge in [0.1, 0.15) is 16.7 Å². The Kier molecular flexibility index (Phi) is 3.09. The van der Waals surface area contributed by atoms with E-state index in [1.165, 1.54) is 23.5 Å². The monoisotopic (exact) mass is 263 g/mol. The number of thiazole rings is 1. The molecule has 0 N–H and O–H groups in total. The van der Waals surface area contributed by atoms with Crippen molar-refractivity contribution in [2.45, 2.75) is 0 Å². The molecule has 0 aliphatic rings. The van der Waals surface area contributed by atoms with Gasteiger partial charge in [0.2, 0.25) is 0 Å². The van der Waals surface area contributed by atoms with Crippen LogP contribution in [-0.2, 0) is 0 Å². The average Bonchev–Trinajstić information content (AvgIpc) is 2.58. The minimum Gasteiger partial charge on any atom is -0.431 e. The quantitative estimate of drug-likeness (QED) is 0.802. The van der Waals surface area contributed by atoms with Gasteiger partial charge in [-0.1, -0.05) is 34.5 Å². The van der Waals surface area contributed by atoms with Gasteiger partial charge in [0, 0.05) is 11.4 Å². The van der Waals surface area contributed by atoms with Crippen LogP contribution < -0.4 is 4.74 Å². The number of rotatable bonds is 2. The molecule has 0 unspecified atom stereocenters. The first-order valence-corrected chi connectivity index (χ1v) is 5.52. The van der Waals surface area contributed by atoms with Crippen LogP contribution >= 0.6 is 34.5 Å². The molecule has 78 valence electrons. The Morgan fingerprint density at radius 3 is 2.73 bits per heavy atom. The molecule has 2 nitrogen and oxygen atoms in total. The van der Waals surface area contributed by atoms with Crippen LogP contribution in [-0.4, -0.2) is 4.98 Å². The third-order valence-corrected chi connectivity index (χ3v) is 2.90. The molecule has 15 heavy (non-hydrogen) atoms. The number of hydrogen-bond donors (Lipinski definition) is 0. The highest BCUT2D eigenvalue weighted by atomic mass is 35.5. The predicted molar refractivity (Wildman–Crippen MR) is 58.6 cm³/mol. The van der Waals surface area contributed by atoms with E-state index < -0.39 is 5.82 Å². The van der Waals surface area contributed by atoms with E-state index in [9.17, 15) is 4.39 Å². The average molecular weight is 264 g/mol. The van der Waals surface area contributed by atoms with Gasteiger partial charge >= 0.3 is 0 Å². The lowest BCUT2D eigenvalue weighted by Crippen LogP contribution is -1.84. The van der Waals surface area contributed by atoms with Gasteiger partial charge in [-0.15, -0.1) is 0 Å². The van der Waals surface area contributed by atoms with Gasteiger partial charge in [-0.05, 0) is 12.1 Å². The van der Waals surface area contributed by atoms with Crippen LogP contribution in [0.3, 0.4) is 0 Å². The molecule has 0 saturated heterocycles. The van der Waals surface area contributed by atoms with Crippen LogP contribution in [0.15, 0.2) is 23.6 Å². The molecule has 0 spiro atoms. The second-order valence-corrected chi connectivity index (χ2v) is 4.23. The Morgan fingerprint density at radius 1 is 1.33 bits per heavy atom. The van der Waals surface area contributed by atoms with Crippen LogP contribution in [0.4, 0.5) is 4.39 Å².